The number of nitrogens with two attached hydrogens (primary N) is 1. The van der Waals surface area contributed by atoms with Gasteiger partial charge in [-0.1, -0.05) is 6.08 Å². The van der Waals surface area contributed by atoms with E-state index in [4.69, 9.17) is 5.73 Å². The zero-order valence-electron chi connectivity index (χ0n) is 9.70. The highest BCUT2D eigenvalue weighted by molar-refractivity contribution is 5.96. The minimum atomic E-state index is -0.0468. The van der Waals surface area contributed by atoms with Crippen LogP contribution < -0.4 is 16.4 Å². The lowest BCUT2D eigenvalue weighted by molar-refractivity contribution is 0.0951. The predicted molar refractivity (Wildman–Crippen MR) is 70.0 cm³/mol. The zero-order chi connectivity index (χ0) is 12.3. The van der Waals surface area contributed by atoms with Crippen LogP contribution in [-0.4, -0.2) is 18.5 Å². The molecule has 4 heteroatoms. The largest absolute Gasteiger partial charge is 0.397 e. The first kappa shape index (κ1) is 11.5. The molecule has 0 bridgehead atoms. The smallest absolute Gasteiger partial charge is 0.251 e. The average molecular weight is 231 g/mol. The number of hydrogen-bond acceptors (Lipinski definition) is 3. The molecule has 1 saturated carbocycles. The molecule has 0 atom stereocenters. The molecule has 17 heavy (non-hydrogen) atoms. The fraction of sp³-hybridized carbons (Fsp3) is 0.308. The molecule has 0 aromatic heterocycles. The molecule has 0 unspecified atom stereocenters. The van der Waals surface area contributed by atoms with Gasteiger partial charge in [-0.25, -0.2) is 0 Å². The molecule has 1 aliphatic carbocycles. The van der Waals surface area contributed by atoms with Crippen LogP contribution in [0.5, 0.6) is 0 Å². The highest BCUT2D eigenvalue weighted by Gasteiger charge is 2.23. The van der Waals surface area contributed by atoms with Gasteiger partial charge in [0.15, 0.2) is 0 Å². The third-order valence-corrected chi connectivity index (χ3v) is 2.66. The summed E-state index contributed by atoms with van der Waals surface area (Å²) < 4.78 is 0. The summed E-state index contributed by atoms with van der Waals surface area (Å²) in [6, 6.07) is 5.66. The molecule has 0 saturated heterocycles. The number of rotatable bonds is 5. The van der Waals surface area contributed by atoms with Crippen LogP contribution in [0.15, 0.2) is 30.9 Å². The highest BCUT2D eigenvalue weighted by atomic mass is 16.1. The van der Waals surface area contributed by atoms with E-state index in [1.54, 1.807) is 18.2 Å². The molecule has 0 spiro atoms. The quantitative estimate of drug-likeness (QED) is 0.534. The summed E-state index contributed by atoms with van der Waals surface area (Å²) in [5.41, 5.74) is 7.89. The molecular formula is C13H17N3O. The second-order valence-electron chi connectivity index (χ2n) is 4.22. The summed E-state index contributed by atoms with van der Waals surface area (Å²) >= 11 is 0. The van der Waals surface area contributed by atoms with Gasteiger partial charge in [0.05, 0.1) is 11.4 Å². The Balaban J connectivity index is 2.06. The molecule has 1 aromatic carbocycles. The minimum Gasteiger partial charge on any atom is -0.397 e. The van der Waals surface area contributed by atoms with Gasteiger partial charge < -0.3 is 16.4 Å². The minimum absolute atomic E-state index is 0.0468. The average Bonchev–Trinajstić information content (AvgIpc) is 3.11. The first-order valence-electron chi connectivity index (χ1n) is 5.76. The van der Waals surface area contributed by atoms with E-state index >= 15 is 0 Å². The van der Waals surface area contributed by atoms with Crippen molar-refractivity contribution >= 4 is 17.3 Å². The van der Waals surface area contributed by atoms with Gasteiger partial charge in [0.25, 0.3) is 5.91 Å². The van der Waals surface area contributed by atoms with E-state index in [1.165, 1.54) is 0 Å². The highest BCUT2D eigenvalue weighted by Crippen LogP contribution is 2.22. The molecule has 4 N–H and O–H groups in total. The SMILES string of the molecule is C=CCNc1ccc(C(=O)NC2CC2)cc1N. The van der Waals surface area contributed by atoms with Gasteiger partial charge in [0.1, 0.15) is 0 Å². The van der Waals surface area contributed by atoms with Gasteiger partial charge in [-0.05, 0) is 31.0 Å². The molecule has 1 aromatic rings. The van der Waals surface area contributed by atoms with Gasteiger partial charge in [-0.15, -0.1) is 6.58 Å². The van der Waals surface area contributed by atoms with Crippen LogP contribution >= 0.6 is 0 Å². The number of carbonyl (C=O) groups excluding carboxylic acids is 1. The van der Waals surface area contributed by atoms with E-state index in [2.05, 4.69) is 17.2 Å². The Kier molecular flexibility index (Phi) is 3.32. The lowest BCUT2D eigenvalue weighted by Crippen LogP contribution is -2.25. The van der Waals surface area contributed by atoms with Gasteiger partial charge >= 0.3 is 0 Å². The number of anilines is 2. The summed E-state index contributed by atoms with van der Waals surface area (Å²) in [6.45, 7) is 4.27. The van der Waals surface area contributed by atoms with E-state index in [0.29, 0.717) is 23.8 Å². The van der Waals surface area contributed by atoms with Crippen molar-refractivity contribution in [3.8, 4) is 0 Å². The van der Waals surface area contributed by atoms with Crippen LogP contribution in [0, 0.1) is 0 Å². The predicted octanol–water partition coefficient (Wildman–Crippen LogP) is 1.76. The first-order valence-corrected chi connectivity index (χ1v) is 5.76. The van der Waals surface area contributed by atoms with Crippen molar-refractivity contribution in [2.24, 2.45) is 0 Å². The number of benzene rings is 1. The number of hydrogen-bond donors (Lipinski definition) is 3. The standard InChI is InChI=1S/C13H17N3O/c1-2-7-15-12-6-3-9(8-11(12)14)13(17)16-10-4-5-10/h2-3,6,8,10,15H,1,4-5,7,14H2,(H,16,17). The van der Waals surface area contributed by atoms with Crippen LogP contribution in [0.2, 0.25) is 0 Å². The van der Waals surface area contributed by atoms with Gasteiger partial charge in [-0.2, -0.15) is 0 Å². The maximum atomic E-state index is 11.8. The Labute approximate surface area is 101 Å². The maximum Gasteiger partial charge on any atom is 0.251 e. The number of carbonyl (C=O) groups is 1. The molecule has 1 fully saturated rings. The summed E-state index contributed by atoms with van der Waals surface area (Å²) in [5, 5.41) is 6.04. The van der Waals surface area contributed by atoms with Crippen LogP contribution in [0.4, 0.5) is 11.4 Å². The number of nitrogen functional groups attached to an aromatic ring is 1. The molecule has 90 valence electrons. The van der Waals surface area contributed by atoms with Crippen LogP contribution in [-0.2, 0) is 0 Å². The number of amides is 1. The Morgan fingerprint density at radius 1 is 1.53 bits per heavy atom. The summed E-state index contributed by atoms with van der Waals surface area (Å²) in [6.07, 6.45) is 3.92. The Hall–Kier alpha value is -1.97. The van der Waals surface area contributed by atoms with Crippen molar-refractivity contribution in [2.45, 2.75) is 18.9 Å². The fourth-order valence-electron chi connectivity index (χ4n) is 1.54. The van der Waals surface area contributed by atoms with Crippen molar-refractivity contribution in [3.05, 3.63) is 36.4 Å². The Morgan fingerprint density at radius 3 is 2.88 bits per heavy atom. The monoisotopic (exact) mass is 231 g/mol. The lowest BCUT2D eigenvalue weighted by atomic mass is 10.1. The molecule has 2 rings (SSSR count). The lowest BCUT2D eigenvalue weighted by Gasteiger charge is -2.09. The van der Waals surface area contributed by atoms with Crippen molar-refractivity contribution in [2.75, 3.05) is 17.6 Å². The molecule has 1 aliphatic rings. The molecule has 0 heterocycles. The van der Waals surface area contributed by atoms with E-state index in [0.717, 1.165) is 18.5 Å². The third-order valence-electron chi connectivity index (χ3n) is 2.66. The molecular weight excluding hydrogens is 214 g/mol. The van der Waals surface area contributed by atoms with Gasteiger partial charge in [0, 0.05) is 18.2 Å². The van der Waals surface area contributed by atoms with E-state index in [-0.39, 0.29) is 5.91 Å². The molecule has 0 aliphatic heterocycles. The Bertz CT molecular complexity index is 438. The van der Waals surface area contributed by atoms with E-state index in [9.17, 15) is 4.79 Å². The molecule has 1 amide bonds. The second kappa shape index (κ2) is 4.91. The van der Waals surface area contributed by atoms with Crippen LogP contribution in [0.25, 0.3) is 0 Å². The second-order valence-corrected chi connectivity index (χ2v) is 4.22. The van der Waals surface area contributed by atoms with Crippen LogP contribution in [0.1, 0.15) is 23.2 Å². The fourth-order valence-corrected chi connectivity index (χ4v) is 1.54. The van der Waals surface area contributed by atoms with Crippen molar-refractivity contribution in [1.29, 1.82) is 0 Å². The molecule has 4 nitrogen and oxygen atoms in total. The summed E-state index contributed by atoms with van der Waals surface area (Å²) in [7, 11) is 0. The normalized spacial score (nSPS) is 14.1. The molecule has 0 radical (unpaired) electrons. The number of nitrogens with one attached hydrogen (secondary N) is 2. The van der Waals surface area contributed by atoms with Crippen molar-refractivity contribution in [3.63, 3.8) is 0 Å². The van der Waals surface area contributed by atoms with E-state index < -0.39 is 0 Å². The van der Waals surface area contributed by atoms with Gasteiger partial charge in [0.2, 0.25) is 0 Å². The van der Waals surface area contributed by atoms with Crippen LogP contribution in [0.3, 0.4) is 0 Å². The first-order chi connectivity index (χ1) is 8.20. The topological polar surface area (TPSA) is 67.2 Å². The van der Waals surface area contributed by atoms with E-state index in [1.807, 2.05) is 6.07 Å². The summed E-state index contributed by atoms with van der Waals surface area (Å²) in [5.74, 6) is -0.0468. The van der Waals surface area contributed by atoms with Gasteiger partial charge in [-0.3, -0.25) is 4.79 Å². The maximum absolute atomic E-state index is 11.8. The third kappa shape index (κ3) is 3.00. The van der Waals surface area contributed by atoms with Crippen molar-refractivity contribution < 1.29 is 4.79 Å². The zero-order valence-corrected chi connectivity index (χ0v) is 9.70. The van der Waals surface area contributed by atoms with Crippen molar-refractivity contribution in [1.82, 2.24) is 5.32 Å². The summed E-state index contributed by atoms with van der Waals surface area (Å²) in [4.78, 5) is 11.8. The Morgan fingerprint density at radius 2 is 2.29 bits per heavy atom.